The number of hydrogen-bond donors (Lipinski definition) is 2. The van der Waals surface area contributed by atoms with Gasteiger partial charge in [0.25, 0.3) is 0 Å². The third-order valence-corrected chi connectivity index (χ3v) is 5.35. The highest BCUT2D eigenvalue weighted by molar-refractivity contribution is 8.00. The largest absolute Gasteiger partial charge is 0.481 e. The van der Waals surface area contributed by atoms with Crippen LogP contribution in [0.5, 0.6) is 0 Å². The summed E-state index contributed by atoms with van der Waals surface area (Å²) in [5.41, 5.74) is 0.895. The number of carboxylic acids is 1. The molecule has 0 aliphatic heterocycles. The second-order valence-electron chi connectivity index (χ2n) is 5.57. The van der Waals surface area contributed by atoms with Crippen molar-refractivity contribution in [1.29, 1.82) is 0 Å². The molecule has 0 spiro atoms. The maximum Gasteiger partial charge on any atom is 0.407 e. The molecule has 0 saturated heterocycles. The monoisotopic (exact) mass is 323 g/mol. The number of hydrogen-bond acceptors (Lipinski definition) is 4. The van der Waals surface area contributed by atoms with Gasteiger partial charge in [-0.15, -0.1) is 0 Å². The minimum Gasteiger partial charge on any atom is -0.481 e. The van der Waals surface area contributed by atoms with E-state index in [4.69, 9.17) is 4.74 Å². The van der Waals surface area contributed by atoms with E-state index >= 15 is 0 Å². The lowest BCUT2D eigenvalue weighted by Crippen LogP contribution is -2.35. The smallest absolute Gasteiger partial charge is 0.407 e. The third-order valence-electron chi connectivity index (χ3n) is 3.91. The predicted octanol–water partition coefficient (Wildman–Crippen LogP) is 2.90. The summed E-state index contributed by atoms with van der Waals surface area (Å²) < 4.78 is 5.18. The Morgan fingerprint density at radius 1 is 1.36 bits per heavy atom. The van der Waals surface area contributed by atoms with Gasteiger partial charge in [0.2, 0.25) is 0 Å². The quantitative estimate of drug-likeness (QED) is 0.769. The van der Waals surface area contributed by atoms with E-state index in [1.165, 1.54) is 0 Å². The van der Waals surface area contributed by atoms with Gasteiger partial charge in [-0.2, -0.15) is 11.8 Å². The van der Waals surface area contributed by atoms with E-state index in [1.807, 2.05) is 36.6 Å². The summed E-state index contributed by atoms with van der Waals surface area (Å²) >= 11 is 1.72. The first-order valence-corrected chi connectivity index (χ1v) is 8.50. The van der Waals surface area contributed by atoms with Crippen LogP contribution in [0.15, 0.2) is 30.3 Å². The number of alkyl carbamates (subject to hydrolysis) is 1. The predicted molar refractivity (Wildman–Crippen MR) is 85.9 cm³/mol. The van der Waals surface area contributed by atoms with Crippen LogP contribution in [0.4, 0.5) is 4.79 Å². The Morgan fingerprint density at radius 3 is 2.59 bits per heavy atom. The summed E-state index contributed by atoms with van der Waals surface area (Å²) in [7, 11) is 0. The Hall–Kier alpha value is -1.69. The molecular formula is C16H21NO4S. The van der Waals surface area contributed by atoms with Crippen molar-refractivity contribution in [2.24, 2.45) is 5.92 Å². The number of aliphatic carboxylic acids is 1. The molecule has 1 aliphatic carbocycles. The molecule has 1 fully saturated rings. The van der Waals surface area contributed by atoms with Crippen LogP contribution >= 0.6 is 11.8 Å². The maximum absolute atomic E-state index is 11.7. The lowest BCUT2D eigenvalue weighted by molar-refractivity contribution is -0.141. The fraction of sp³-hybridized carbons (Fsp3) is 0.500. The molecule has 1 aromatic rings. The van der Waals surface area contributed by atoms with Gasteiger partial charge in [-0.05, 0) is 31.1 Å². The van der Waals surface area contributed by atoms with Crippen LogP contribution < -0.4 is 5.32 Å². The van der Waals surface area contributed by atoms with E-state index in [0.717, 1.165) is 18.4 Å². The third kappa shape index (κ3) is 4.94. The SMILES string of the molecule is CSC1(CC(CNC(=O)OCc2ccccc2)C(=O)O)CC1. The van der Waals surface area contributed by atoms with E-state index in [-0.39, 0.29) is 17.9 Å². The van der Waals surface area contributed by atoms with Crippen molar-refractivity contribution in [3.8, 4) is 0 Å². The minimum absolute atomic E-state index is 0.0959. The zero-order chi connectivity index (χ0) is 16.0. The molecule has 1 atom stereocenters. The van der Waals surface area contributed by atoms with Crippen molar-refractivity contribution in [1.82, 2.24) is 5.32 Å². The van der Waals surface area contributed by atoms with E-state index in [0.29, 0.717) is 6.42 Å². The molecule has 5 nitrogen and oxygen atoms in total. The topological polar surface area (TPSA) is 75.6 Å². The molecule has 1 aromatic carbocycles. The van der Waals surface area contributed by atoms with Crippen LogP contribution in [0, 0.1) is 5.92 Å². The molecule has 0 aromatic heterocycles. The van der Waals surface area contributed by atoms with Crippen molar-refractivity contribution in [2.45, 2.75) is 30.6 Å². The number of thioether (sulfide) groups is 1. The second-order valence-corrected chi connectivity index (χ2v) is 6.84. The van der Waals surface area contributed by atoms with E-state index in [2.05, 4.69) is 5.32 Å². The lowest BCUT2D eigenvalue weighted by atomic mass is 10.0. The number of nitrogens with one attached hydrogen (secondary N) is 1. The molecule has 120 valence electrons. The molecule has 1 aliphatic rings. The molecule has 0 bridgehead atoms. The molecule has 1 unspecified atom stereocenters. The Morgan fingerprint density at radius 2 is 2.05 bits per heavy atom. The Labute approximate surface area is 134 Å². The first kappa shape index (κ1) is 16.7. The van der Waals surface area contributed by atoms with Gasteiger partial charge in [0.1, 0.15) is 6.61 Å². The van der Waals surface area contributed by atoms with Gasteiger partial charge in [-0.3, -0.25) is 4.79 Å². The Kier molecular flexibility index (Phi) is 5.71. The number of rotatable bonds is 8. The van der Waals surface area contributed by atoms with E-state index in [1.54, 1.807) is 11.8 Å². The zero-order valence-corrected chi connectivity index (χ0v) is 13.4. The number of benzene rings is 1. The molecule has 6 heteroatoms. The number of amides is 1. The first-order valence-electron chi connectivity index (χ1n) is 7.27. The van der Waals surface area contributed by atoms with Crippen LogP contribution in [0.3, 0.4) is 0 Å². The zero-order valence-electron chi connectivity index (χ0n) is 12.6. The second kappa shape index (κ2) is 7.54. The van der Waals surface area contributed by atoms with Crippen molar-refractivity contribution in [3.05, 3.63) is 35.9 Å². The highest BCUT2D eigenvalue weighted by atomic mass is 32.2. The highest BCUT2D eigenvalue weighted by Crippen LogP contribution is 2.51. The molecule has 2 rings (SSSR count). The summed E-state index contributed by atoms with van der Waals surface area (Å²) in [6, 6.07) is 9.36. The van der Waals surface area contributed by atoms with Gasteiger partial charge in [-0.25, -0.2) is 4.79 Å². The number of carbonyl (C=O) groups excluding carboxylic acids is 1. The molecule has 0 heterocycles. The van der Waals surface area contributed by atoms with Crippen molar-refractivity contribution < 1.29 is 19.4 Å². The van der Waals surface area contributed by atoms with Gasteiger partial charge >= 0.3 is 12.1 Å². The van der Waals surface area contributed by atoms with Crippen molar-refractivity contribution >= 4 is 23.8 Å². The van der Waals surface area contributed by atoms with Gasteiger partial charge in [0, 0.05) is 11.3 Å². The van der Waals surface area contributed by atoms with Crippen LogP contribution in [0.2, 0.25) is 0 Å². The van der Waals surface area contributed by atoms with E-state index < -0.39 is 18.0 Å². The van der Waals surface area contributed by atoms with Crippen molar-refractivity contribution in [3.63, 3.8) is 0 Å². The van der Waals surface area contributed by atoms with Crippen LogP contribution in [-0.4, -0.2) is 34.7 Å². The van der Waals surface area contributed by atoms with Gasteiger partial charge in [0.05, 0.1) is 5.92 Å². The Bertz CT molecular complexity index is 516. The first-order chi connectivity index (χ1) is 10.5. The van der Waals surface area contributed by atoms with Crippen molar-refractivity contribution in [2.75, 3.05) is 12.8 Å². The summed E-state index contributed by atoms with van der Waals surface area (Å²) in [6.45, 7) is 0.282. The lowest BCUT2D eigenvalue weighted by Gasteiger charge is -2.18. The van der Waals surface area contributed by atoms with Gasteiger partial charge in [0.15, 0.2) is 0 Å². The fourth-order valence-electron chi connectivity index (χ4n) is 2.31. The summed E-state index contributed by atoms with van der Waals surface area (Å²) in [5.74, 6) is -1.44. The molecule has 22 heavy (non-hydrogen) atoms. The van der Waals surface area contributed by atoms with Gasteiger partial charge < -0.3 is 15.2 Å². The average molecular weight is 323 g/mol. The van der Waals surface area contributed by atoms with Crippen LogP contribution in [0.25, 0.3) is 0 Å². The summed E-state index contributed by atoms with van der Waals surface area (Å²) in [6.07, 6.45) is 4.12. The van der Waals surface area contributed by atoms with Crippen LogP contribution in [-0.2, 0) is 16.1 Å². The summed E-state index contributed by atoms with van der Waals surface area (Å²) in [5, 5.41) is 11.8. The summed E-state index contributed by atoms with van der Waals surface area (Å²) in [4.78, 5) is 23.0. The number of ether oxygens (including phenoxy) is 1. The molecule has 1 saturated carbocycles. The Balaban J connectivity index is 1.74. The van der Waals surface area contributed by atoms with Crippen LogP contribution in [0.1, 0.15) is 24.8 Å². The molecular weight excluding hydrogens is 302 g/mol. The van der Waals surface area contributed by atoms with Gasteiger partial charge in [-0.1, -0.05) is 30.3 Å². The fourth-order valence-corrected chi connectivity index (χ4v) is 3.19. The molecule has 2 N–H and O–H groups in total. The highest BCUT2D eigenvalue weighted by Gasteiger charge is 2.44. The molecule has 1 amide bonds. The standard InChI is InChI=1S/C16H21NO4S/c1-22-16(7-8-16)9-13(14(18)19)10-17-15(20)21-11-12-5-3-2-4-6-12/h2-6,13H,7-11H2,1H3,(H,17,20)(H,18,19). The minimum atomic E-state index is -0.872. The molecule has 0 radical (unpaired) electrons. The normalized spacial score (nSPS) is 16.6. The average Bonchev–Trinajstić information content (AvgIpc) is 3.30. The number of carboxylic acid groups (broad SMARTS) is 1. The number of carbonyl (C=O) groups is 2. The van der Waals surface area contributed by atoms with E-state index in [9.17, 15) is 14.7 Å². The maximum atomic E-state index is 11.7.